The number of carbonyl (C=O) groups is 3. The van der Waals surface area contributed by atoms with Gasteiger partial charge in [0.1, 0.15) is 10.2 Å². The van der Waals surface area contributed by atoms with Gasteiger partial charge < -0.3 is 14.2 Å². The summed E-state index contributed by atoms with van der Waals surface area (Å²) in [6.07, 6.45) is 0. The van der Waals surface area contributed by atoms with E-state index in [-0.39, 0.29) is 5.38 Å². The number of hydrogen-bond donors (Lipinski definition) is 0. The second-order valence-corrected chi connectivity index (χ2v) is 3.13. The normalized spacial score (nSPS) is 8.80. The van der Waals surface area contributed by atoms with E-state index < -0.39 is 23.9 Å². The molecule has 0 aliphatic rings. The van der Waals surface area contributed by atoms with E-state index in [9.17, 15) is 14.4 Å². The maximum atomic E-state index is 10.6. The standard InChI is InChI=1S/C8H11O6Si/c1-4(9)12-7(13-5(2)10)8(15)14-6(3)11/h15H2,1-3H3. The molecule has 0 rings (SSSR count). The lowest BCUT2D eigenvalue weighted by Gasteiger charge is -2.09. The van der Waals surface area contributed by atoms with Crippen LogP contribution < -0.4 is 0 Å². The van der Waals surface area contributed by atoms with Gasteiger partial charge in [-0.15, -0.1) is 0 Å². The first-order valence-electron chi connectivity index (χ1n) is 3.94. The third-order valence-corrected chi connectivity index (χ3v) is 1.40. The topological polar surface area (TPSA) is 78.9 Å². The molecule has 0 fully saturated rings. The summed E-state index contributed by atoms with van der Waals surface area (Å²) in [6, 6.07) is 0. The third kappa shape index (κ3) is 6.44. The SMILES string of the molecule is CC(=O)OC([SiH2])=C(OC(C)=O)OC(C)=O. The number of carbonyl (C=O) groups excluding carboxylic acids is 3. The maximum absolute atomic E-state index is 10.6. The molecule has 0 atom stereocenters. The Balaban J connectivity index is 4.78. The van der Waals surface area contributed by atoms with Gasteiger partial charge in [0.15, 0.2) is 5.38 Å². The van der Waals surface area contributed by atoms with Crippen LogP contribution in [0.25, 0.3) is 0 Å². The van der Waals surface area contributed by atoms with Crippen LogP contribution in [-0.2, 0) is 28.6 Å². The predicted molar refractivity (Wildman–Crippen MR) is 50.9 cm³/mol. The zero-order chi connectivity index (χ0) is 12.0. The summed E-state index contributed by atoms with van der Waals surface area (Å²) in [4.78, 5) is 31.9. The highest BCUT2D eigenvalue weighted by molar-refractivity contribution is 6.21. The zero-order valence-corrected chi connectivity index (χ0v) is 10.1. The van der Waals surface area contributed by atoms with Crippen LogP contribution in [0.3, 0.4) is 0 Å². The first-order chi connectivity index (χ1) is 6.82. The van der Waals surface area contributed by atoms with Crippen LogP contribution in [-0.4, -0.2) is 28.2 Å². The fraction of sp³-hybridized carbons (Fsp3) is 0.375. The van der Waals surface area contributed by atoms with E-state index in [2.05, 4.69) is 14.2 Å². The van der Waals surface area contributed by atoms with Gasteiger partial charge in [0.05, 0.1) is 0 Å². The molecule has 0 aliphatic heterocycles. The third-order valence-electron chi connectivity index (χ3n) is 0.967. The average molecular weight is 231 g/mol. The fourth-order valence-electron chi connectivity index (χ4n) is 0.611. The van der Waals surface area contributed by atoms with E-state index in [4.69, 9.17) is 0 Å². The molecule has 0 aromatic carbocycles. The molecule has 6 nitrogen and oxygen atoms in total. The average Bonchev–Trinajstić information content (AvgIpc) is 1.99. The van der Waals surface area contributed by atoms with E-state index in [1.54, 1.807) is 0 Å². The second kappa shape index (κ2) is 5.97. The summed E-state index contributed by atoms with van der Waals surface area (Å²) in [6.45, 7) is 3.44. The van der Waals surface area contributed by atoms with Gasteiger partial charge in [-0.05, 0) is 0 Å². The van der Waals surface area contributed by atoms with Crippen molar-refractivity contribution >= 4 is 28.2 Å². The van der Waals surface area contributed by atoms with Crippen molar-refractivity contribution in [3.63, 3.8) is 0 Å². The maximum Gasteiger partial charge on any atom is 0.328 e. The molecular weight excluding hydrogens is 220 g/mol. The van der Waals surface area contributed by atoms with E-state index in [1.165, 1.54) is 6.92 Å². The highest BCUT2D eigenvalue weighted by atomic mass is 28.1. The van der Waals surface area contributed by atoms with Crippen molar-refractivity contribution in [3.05, 3.63) is 11.3 Å². The molecule has 0 heterocycles. The highest BCUT2D eigenvalue weighted by Crippen LogP contribution is 2.08. The Hall–Kier alpha value is -1.63. The smallest absolute Gasteiger partial charge is 0.328 e. The van der Waals surface area contributed by atoms with Gasteiger partial charge in [0, 0.05) is 20.8 Å². The molecule has 7 heteroatoms. The monoisotopic (exact) mass is 231 g/mol. The summed E-state index contributed by atoms with van der Waals surface area (Å²) in [5, 5.41) is -0.0621. The first-order valence-corrected chi connectivity index (χ1v) is 4.65. The van der Waals surface area contributed by atoms with Crippen molar-refractivity contribution in [2.75, 3.05) is 0 Å². The van der Waals surface area contributed by atoms with Crippen LogP contribution in [0, 0.1) is 0 Å². The summed E-state index contributed by atoms with van der Waals surface area (Å²) in [7, 11) is 1.12. The Morgan fingerprint density at radius 1 is 0.800 bits per heavy atom. The Kier molecular flexibility index (Phi) is 5.32. The first kappa shape index (κ1) is 13.4. The van der Waals surface area contributed by atoms with Gasteiger partial charge in [-0.1, -0.05) is 0 Å². The molecule has 0 aromatic heterocycles. The van der Waals surface area contributed by atoms with E-state index in [0.717, 1.165) is 24.1 Å². The minimum absolute atomic E-state index is 0.0621. The predicted octanol–water partition coefficient (Wildman–Crippen LogP) is -0.565. The van der Waals surface area contributed by atoms with Gasteiger partial charge in [-0.3, -0.25) is 14.4 Å². The Morgan fingerprint density at radius 3 is 1.40 bits per heavy atom. The largest absolute Gasteiger partial charge is 0.430 e. The summed E-state index contributed by atoms with van der Waals surface area (Å²) in [5.74, 6) is -2.37. The number of rotatable bonds is 3. The van der Waals surface area contributed by atoms with Crippen LogP contribution in [0.1, 0.15) is 20.8 Å². The Morgan fingerprint density at radius 2 is 1.13 bits per heavy atom. The molecule has 0 bridgehead atoms. The van der Waals surface area contributed by atoms with E-state index in [0.29, 0.717) is 0 Å². The summed E-state index contributed by atoms with van der Waals surface area (Å²) < 4.78 is 13.7. The zero-order valence-electron chi connectivity index (χ0n) is 8.66. The molecular formula is C8H11O6Si. The number of esters is 3. The molecule has 1 radical (unpaired) electrons. The molecule has 15 heavy (non-hydrogen) atoms. The van der Waals surface area contributed by atoms with Crippen LogP contribution in [0.4, 0.5) is 0 Å². The van der Waals surface area contributed by atoms with Crippen molar-refractivity contribution in [2.45, 2.75) is 20.8 Å². The van der Waals surface area contributed by atoms with Gasteiger partial charge >= 0.3 is 23.9 Å². The van der Waals surface area contributed by atoms with Crippen LogP contribution >= 0.6 is 0 Å². The van der Waals surface area contributed by atoms with Gasteiger partial charge in [0.25, 0.3) is 0 Å². The van der Waals surface area contributed by atoms with Crippen molar-refractivity contribution in [2.24, 2.45) is 0 Å². The van der Waals surface area contributed by atoms with Gasteiger partial charge in [-0.25, -0.2) is 0 Å². The number of ether oxygens (including phenoxy) is 3. The fourth-order valence-corrected chi connectivity index (χ4v) is 0.959. The molecule has 0 unspecified atom stereocenters. The molecule has 0 aromatic rings. The van der Waals surface area contributed by atoms with Crippen molar-refractivity contribution in [3.8, 4) is 0 Å². The van der Waals surface area contributed by atoms with Crippen LogP contribution in [0.15, 0.2) is 11.3 Å². The van der Waals surface area contributed by atoms with Crippen molar-refractivity contribution in [1.82, 2.24) is 0 Å². The summed E-state index contributed by atoms with van der Waals surface area (Å²) >= 11 is 0. The molecule has 83 valence electrons. The Bertz CT molecular complexity index is 301. The number of hydrogen-bond acceptors (Lipinski definition) is 6. The molecule has 0 spiro atoms. The van der Waals surface area contributed by atoms with Crippen LogP contribution in [0.5, 0.6) is 0 Å². The second-order valence-electron chi connectivity index (χ2n) is 2.49. The Labute approximate surface area is 89.6 Å². The summed E-state index contributed by atoms with van der Waals surface area (Å²) in [5.41, 5.74) is 0. The lowest BCUT2D eigenvalue weighted by molar-refractivity contribution is -0.153. The lowest BCUT2D eigenvalue weighted by Crippen LogP contribution is -2.12. The van der Waals surface area contributed by atoms with Gasteiger partial charge in [-0.2, -0.15) is 0 Å². The molecule has 0 N–H and O–H groups in total. The van der Waals surface area contributed by atoms with Gasteiger partial charge in [0.2, 0.25) is 0 Å². The minimum Gasteiger partial charge on any atom is -0.430 e. The van der Waals surface area contributed by atoms with Crippen LogP contribution in [0.2, 0.25) is 0 Å². The molecule has 0 saturated carbocycles. The quantitative estimate of drug-likeness (QED) is 0.368. The molecule has 0 aliphatic carbocycles. The molecule has 0 saturated heterocycles. The molecule has 0 amide bonds. The highest BCUT2D eigenvalue weighted by Gasteiger charge is 2.13. The van der Waals surface area contributed by atoms with E-state index in [1.807, 2.05) is 0 Å². The van der Waals surface area contributed by atoms with Crippen molar-refractivity contribution < 1.29 is 28.6 Å². The minimum atomic E-state index is -0.678. The van der Waals surface area contributed by atoms with E-state index >= 15 is 0 Å². The lowest BCUT2D eigenvalue weighted by atomic mass is 10.7. The van der Waals surface area contributed by atoms with Crippen molar-refractivity contribution in [1.29, 1.82) is 0 Å².